The number of hydrogen-bond acceptors (Lipinski definition) is 3. The molecule has 1 aliphatic heterocycles. The van der Waals surface area contributed by atoms with Crippen LogP contribution in [0, 0.1) is 0 Å². The summed E-state index contributed by atoms with van der Waals surface area (Å²) in [5.74, 6) is 0.565. The number of nitrogens with one attached hydrogen (secondary N) is 1. The van der Waals surface area contributed by atoms with E-state index in [0.717, 1.165) is 29.5 Å². The molecule has 0 unspecified atom stereocenters. The molecule has 0 atom stereocenters. The van der Waals surface area contributed by atoms with Crippen molar-refractivity contribution in [1.82, 2.24) is 5.32 Å². The molecule has 1 N–H and O–H groups in total. The number of benzene rings is 2. The molecule has 2 aromatic rings. The molecule has 0 radical (unpaired) electrons. The van der Waals surface area contributed by atoms with Crippen LogP contribution in [0.1, 0.15) is 37.3 Å². The maximum Gasteiger partial charge on any atom is 0.258 e. The van der Waals surface area contributed by atoms with Crippen LogP contribution in [0.15, 0.2) is 46.9 Å². The molecule has 4 nitrogen and oxygen atoms in total. The molecule has 1 heterocycles. The summed E-state index contributed by atoms with van der Waals surface area (Å²) < 4.78 is 6.50. The average molecular weight is 431 g/mol. The Morgan fingerprint density at radius 3 is 2.44 bits per heavy atom. The molecule has 1 saturated heterocycles. The highest BCUT2D eigenvalue weighted by Crippen LogP contribution is 2.26. The second-order valence-electron chi connectivity index (χ2n) is 6.90. The standard InChI is InChI=1S/C22H27BrN2O2/c1-2-17-8-11-21(20(23)14-17)27-16-22(26)24-15-18-6-9-19(10-7-18)25-12-4-3-5-13-25/h6-11,14H,2-5,12-13,15-16H2,1H3,(H,24,26). The molecule has 5 heteroatoms. The number of carbonyl (C=O) groups is 1. The van der Waals surface area contributed by atoms with E-state index in [1.807, 2.05) is 18.2 Å². The lowest BCUT2D eigenvalue weighted by Gasteiger charge is -2.28. The van der Waals surface area contributed by atoms with Crippen molar-refractivity contribution in [3.8, 4) is 5.75 Å². The molecule has 0 aromatic heterocycles. The molecule has 27 heavy (non-hydrogen) atoms. The van der Waals surface area contributed by atoms with Crippen molar-refractivity contribution in [2.45, 2.75) is 39.2 Å². The van der Waals surface area contributed by atoms with Gasteiger partial charge in [0.2, 0.25) is 0 Å². The first kappa shape index (κ1) is 19.7. The Balaban J connectivity index is 1.44. The van der Waals surface area contributed by atoms with Crippen LogP contribution in [0.5, 0.6) is 5.75 Å². The van der Waals surface area contributed by atoms with Crippen LogP contribution >= 0.6 is 15.9 Å². The topological polar surface area (TPSA) is 41.6 Å². The number of anilines is 1. The summed E-state index contributed by atoms with van der Waals surface area (Å²) in [6.07, 6.45) is 4.85. The van der Waals surface area contributed by atoms with Crippen molar-refractivity contribution in [1.29, 1.82) is 0 Å². The fourth-order valence-electron chi connectivity index (χ4n) is 3.25. The number of aryl methyl sites for hydroxylation is 1. The van der Waals surface area contributed by atoms with Crippen LogP contribution < -0.4 is 15.0 Å². The fourth-order valence-corrected chi connectivity index (χ4v) is 3.79. The summed E-state index contributed by atoms with van der Waals surface area (Å²) in [7, 11) is 0. The quantitative estimate of drug-likeness (QED) is 0.691. The van der Waals surface area contributed by atoms with Gasteiger partial charge in [-0.05, 0) is 77.0 Å². The van der Waals surface area contributed by atoms with Crippen LogP contribution in [0.2, 0.25) is 0 Å². The lowest BCUT2D eigenvalue weighted by molar-refractivity contribution is -0.123. The highest BCUT2D eigenvalue weighted by atomic mass is 79.9. The summed E-state index contributed by atoms with van der Waals surface area (Å²) in [4.78, 5) is 14.5. The minimum absolute atomic E-state index is 0.00985. The maximum atomic E-state index is 12.1. The summed E-state index contributed by atoms with van der Waals surface area (Å²) in [5.41, 5.74) is 3.60. The van der Waals surface area contributed by atoms with Gasteiger partial charge in [-0.25, -0.2) is 0 Å². The Kier molecular flexibility index (Phi) is 7.16. The molecule has 2 aromatic carbocycles. The third kappa shape index (κ3) is 5.73. The molecule has 0 saturated carbocycles. The molecule has 0 spiro atoms. The minimum Gasteiger partial charge on any atom is -0.483 e. The van der Waals surface area contributed by atoms with E-state index in [1.54, 1.807) is 0 Å². The van der Waals surface area contributed by atoms with E-state index in [4.69, 9.17) is 4.74 Å². The van der Waals surface area contributed by atoms with Gasteiger partial charge in [-0.1, -0.05) is 25.1 Å². The van der Waals surface area contributed by atoms with Crippen molar-refractivity contribution in [3.05, 3.63) is 58.1 Å². The maximum absolute atomic E-state index is 12.1. The largest absolute Gasteiger partial charge is 0.483 e. The third-order valence-electron chi connectivity index (χ3n) is 4.91. The summed E-state index contributed by atoms with van der Waals surface area (Å²) >= 11 is 3.49. The van der Waals surface area contributed by atoms with Crippen LogP contribution in [-0.2, 0) is 17.8 Å². The number of nitrogens with zero attached hydrogens (tertiary/aromatic N) is 1. The minimum atomic E-state index is -0.124. The van der Waals surface area contributed by atoms with E-state index in [9.17, 15) is 4.79 Å². The van der Waals surface area contributed by atoms with E-state index in [2.05, 4.69) is 57.3 Å². The third-order valence-corrected chi connectivity index (χ3v) is 5.53. The van der Waals surface area contributed by atoms with Gasteiger partial charge in [0.1, 0.15) is 5.75 Å². The lowest BCUT2D eigenvalue weighted by atomic mass is 10.1. The molecule has 1 fully saturated rings. The van der Waals surface area contributed by atoms with Gasteiger partial charge in [0, 0.05) is 25.3 Å². The number of rotatable bonds is 7. The number of carbonyl (C=O) groups excluding carboxylic acids is 1. The Bertz CT molecular complexity index is 755. The van der Waals surface area contributed by atoms with Crippen molar-refractivity contribution < 1.29 is 9.53 Å². The molecule has 144 valence electrons. The van der Waals surface area contributed by atoms with Crippen LogP contribution in [0.3, 0.4) is 0 Å². The molecule has 3 rings (SSSR count). The van der Waals surface area contributed by atoms with Gasteiger partial charge in [0.25, 0.3) is 5.91 Å². The van der Waals surface area contributed by atoms with Crippen molar-refractivity contribution in [2.24, 2.45) is 0 Å². The fraction of sp³-hybridized carbons (Fsp3) is 0.409. The van der Waals surface area contributed by atoms with E-state index < -0.39 is 0 Å². The van der Waals surface area contributed by atoms with Gasteiger partial charge in [-0.2, -0.15) is 0 Å². The lowest BCUT2D eigenvalue weighted by Crippen LogP contribution is -2.29. The van der Waals surface area contributed by atoms with Crippen LogP contribution in [0.25, 0.3) is 0 Å². The second-order valence-corrected chi connectivity index (χ2v) is 7.75. The van der Waals surface area contributed by atoms with Crippen molar-refractivity contribution in [3.63, 3.8) is 0 Å². The van der Waals surface area contributed by atoms with Gasteiger partial charge in [-0.15, -0.1) is 0 Å². The van der Waals surface area contributed by atoms with Crippen LogP contribution in [0.4, 0.5) is 5.69 Å². The monoisotopic (exact) mass is 430 g/mol. The number of halogens is 1. The normalized spacial score (nSPS) is 14.1. The Morgan fingerprint density at radius 1 is 1.07 bits per heavy atom. The van der Waals surface area contributed by atoms with Gasteiger partial charge >= 0.3 is 0 Å². The first-order valence-electron chi connectivity index (χ1n) is 9.67. The Labute approximate surface area is 170 Å². The highest BCUT2D eigenvalue weighted by Gasteiger charge is 2.11. The molecular weight excluding hydrogens is 404 g/mol. The highest BCUT2D eigenvalue weighted by molar-refractivity contribution is 9.10. The SMILES string of the molecule is CCc1ccc(OCC(=O)NCc2ccc(N3CCCCC3)cc2)c(Br)c1. The predicted octanol–water partition coefficient (Wildman–Crippen LogP) is 4.70. The zero-order valence-corrected chi connectivity index (χ0v) is 17.4. The van der Waals surface area contributed by atoms with Crippen molar-refractivity contribution in [2.75, 3.05) is 24.6 Å². The molecule has 1 amide bonds. The summed E-state index contributed by atoms with van der Waals surface area (Å²) in [5, 5.41) is 2.92. The van der Waals surface area contributed by atoms with Gasteiger partial charge in [0.05, 0.1) is 4.47 Å². The second kappa shape index (κ2) is 9.79. The number of amides is 1. The number of ether oxygens (including phenoxy) is 1. The first-order chi connectivity index (χ1) is 13.2. The summed E-state index contributed by atoms with van der Waals surface area (Å²) in [6.45, 7) is 4.91. The van der Waals surface area contributed by atoms with E-state index in [0.29, 0.717) is 12.3 Å². The Morgan fingerprint density at radius 2 is 1.78 bits per heavy atom. The van der Waals surface area contributed by atoms with Gasteiger partial charge < -0.3 is 15.0 Å². The first-order valence-corrected chi connectivity index (χ1v) is 10.5. The van der Waals surface area contributed by atoms with Gasteiger partial charge in [-0.3, -0.25) is 4.79 Å². The zero-order chi connectivity index (χ0) is 19.1. The average Bonchev–Trinajstić information content (AvgIpc) is 2.72. The molecule has 0 bridgehead atoms. The van der Waals surface area contributed by atoms with E-state index >= 15 is 0 Å². The van der Waals surface area contributed by atoms with E-state index in [-0.39, 0.29) is 12.5 Å². The molecule has 1 aliphatic rings. The van der Waals surface area contributed by atoms with Gasteiger partial charge in [0.15, 0.2) is 6.61 Å². The van der Waals surface area contributed by atoms with E-state index in [1.165, 1.54) is 30.5 Å². The van der Waals surface area contributed by atoms with Crippen LogP contribution in [-0.4, -0.2) is 25.6 Å². The number of hydrogen-bond donors (Lipinski definition) is 1. The predicted molar refractivity (Wildman–Crippen MR) is 113 cm³/mol. The number of piperidine rings is 1. The zero-order valence-electron chi connectivity index (χ0n) is 15.8. The Hall–Kier alpha value is -2.01. The molecular formula is C22H27BrN2O2. The smallest absolute Gasteiger partial charge is 0.258 e. The summed E-state index contributed by atoms with van der Waals surface area (Å²) in [6, 6.07) is 14.4. The van der Waals surface area contributed by atoms with Crippen molar-refractivity contribution >= 4 is 27.5 Å². The molecule has 0 aliphatic carbocycles.